The van der Waals surface area contributed by atoms with Crippen molar-refractivity contribution >= 4 is 33.9 Å². The van der Waals surface area contributed by atoms with E-state index < -0.39 is 6.03 Å². The highest BCUT2D eigenvalue weighted by Crippen LogP contribution is 2.36. The number of fused-ring (bicyclic) bond motifs is 3. The number of rotatable bonds is 2. The number of hydrogen-bond acceptors (Lipinski definition) is 3. The summed E-state index contributed by atoms with van der Waals surface area (Å²) < 4.78 is 0. The highest BCUT2D eigenvalue weighted by molar-refractivity contribution is 6.13. The Balaban J connectivity index is 1.64. The van der Waals surface area contributed by atoms with Crippen LogP contribution in [0.1, 0.15) is 11.1 Å². The van der Waals surface area contributed by atoms with Gasteiger partial charge in [-0.3, -0.25) is 4.90 Å². The maximum Gasteiger partial charge on any atom is 0.323 e. The van der Waals surface area contributed by atoms with E-state index in [0.717, 1.165) is 33.3 Å². The Hall–Kier alpha value is -4.12. The summed E-state index contributed by atoms with van der Waals surface area (Å²) >= 11 is 0. The lowest BCUT2D eigenvalue weighted by molar-refractivity contribution is 0.256. The van der Waals surface area contributed by atoms with Gasteiger partial charge in [-0.05, 0) is 29.1 Å². The molecule has 0 saturated carbocycles. The molecule has 0 aliphatic carbocycles. The molecule has 2 N–H and O–H groups in total. The molecule has 30 heavy (non-hydrogen) atoms. The third-order valence-corrected chi connectivity index (χ3v) is 5.27. The van der Waals surface area contributed by atoms with Crippen LogP contribution in [0.25, 0.3) is 10.8 Å². The molecule has 0 radical (unpaired) electrons. The van der Waals surface area contributed by atoms with Crippen LogP contribution in [-0.4, -0.2) is 11.7 Å². The molecule has 0 saturated heterocycles. The van der Waals surface area contributed by atoms with Gasteiger partial charge in [0, 0.05) is 17.4 Å². The number of urea groups is 1. The van der Waals surface area contributed by atoms with E-state index in [4.69, 9.17) is 10.6 Å². The minimum atomic E-state index is -0.536. The van der Waals surface area contributed by atoms with Crippen molar-refractivity contribution in [2.45, 2.75) is 6.42 Å². The summed E-state index contributed by atoms with van der Waals surface area (Å²) in [7, 11) is 0. The second kappa shape index (κ2) is 7.37. The van der Waals surface area contributed by atoms with E-state index in [1.807, 2.05) is 91.0 Å². The molecule has 4 aromatic rings. The molecule has 5 heteroatoms. The van der Waals surface area contributed by atoms with Gasteiger partial charge in [-0.15, -0.1) is 0 Å². The van der Waals surface area contributed by atoms with Crippen molar-refractivity contribution in [2.24, 2.45) is 10.9 Å². The van der Waals surface area contributed by atoms with E-state index in [-0.39, 0.29) is 0 Å². The standard InChI is InChI=1S/C25H19N3O2/c26-25(29)28-22-13-5-2-9-18(22)16-21(20-12-4-6-14-23(20)28)27-30-24-15-7-10-17-8-1-3-11-19(17)24/h1-15H,16H2,(H2,26,29)/b27-21-. The highest BCUT2D eigenvalue weighted by Gasteiger charge is 2.27. The van der Waals surface area contributed by atoms with Crippen LogP contribution in [0.5, 0.6) is 5.75 Å². The summed E-state index contributed by atoms with van der Waals surface area (Å²) in [5.41, 5.74) is 9.70. The number of nitrogens with two attached hydrogens (primary N) is 1. The summed E-state index contributed by atoms with van der Waals surface area (Å²) in [6.07, 6.45) is 0.516. The molecule has 4 aromatic carbocycles. The molecule has 1 heterocycles. The monoisotopic (exact) mass is 393 g/mol. The summed E-state index contributed by atoms with van der Waals surface area (Å²) in [5, 5.41) is 6.61. The summed E-state index contributed by atoms with van der Waals surface area (Å²) in [5.74, 6) is 0.683. The zero-order chi connectivity index (χ0) is 20.5. The largest absolute Gasteiger partial charge is 0.356 e. The third-order valence-electron chi connectivity index (χ3n) is 5.27. The molecule has 5 nitrogen and oxygen atoms in total. The van der Waals surface area contributed by atoms with E-state index in [1.54, 1.807) is 0 Å². The molecule has 0 unspecified atom stereocenters. The Bertz CT molecular complexity index is 1290. The van der Waals surface area contributed by atoms with Crippen LogP contribution >= 0.6 is 0 Å². The Morgan fingerprint density at radius 1 is 0.833 bits per heavy atom. The van der Waals surface area contributed by atoms with Gasteiger partial charge in [0.15, 0.2) is 5.75 Å². The number of benzene rings is 4. The molecule has 0 atom stereocenters. The summed E-state index contributed by atoms with van der Waals surface area (Å²) in [6, 6.07) is 28.7. The van der Waals surface area contributed by atoms with Crippen molar-refractivity contribution in [2.75, 3.05) is 4.90 Å². The van der Waals surface area contributed by atoms with Gasteiger partial charge in [0.25, 0.3) is 0 Å². The normalized spacial score (nSPS) is 14.1. The van der Waals surface area contributed by atoms with Gasteiger partial charge < -0.3 is 10.6 Å². The number of primary amides is 1. The third kappa shape index (κ3) is 3.06. The van der Waals surface area contributed by atoms with Crippen LogP contribution in [-0.2, 0) is 6.42 Å². The smallest absolute Gasteiger partial charge is 0.323 e. The average molecular weight is 393 g/mol. The van der Waals surface area contributed by atoms with Crippen LogP contribution < -0.4 is 15.5 Å². The number of nitrogens with zero attached hydrogens (tertiary/aromatic N) is 2. The maximum absolute atomic E-state index is 12.3. The molecule has 2 amide bonds. The SMILES string of the molecule is NC(=O)N1c2ccccc2C/C(=N/Oc2cccc3ccccc23)c2ccccc21. The quantitative estimate of drug-likeness (QED) is 0.464. The highest BCUT2D eigenvalue weighted by atomic mass is 16.6. The van der Waals surface area contributed by atoms with Crippen molar-refractivity contribution in [3.05, 3.63) is 102 Å². The van der Waals surface area contributed by atoms with Crippen molar-refractivity contribution in [1.29, 1.82) is 0 Å². The van der Waals surface area contributed by atoms with E-state index in [2.05, 4.69) is 5.16 Å². The molecule has 0 bridgehead atoms. The summed E-state index contributed by atoms with van der Waals surface area (Å²) in [4.78, 5) is 19.8. The first-order valence-electron chi connectivity index (χ1n) is 9.71. The molecular formula is C25H19N3O2. The van der Waals surface area contributed by atoms with Crippen LogP contribution in [0, 0.1) is 0 Å². The zero-order valence-corrected chi connectivity index (χ0v) is 16.2. The molecular weight excluding hydrogens is 374 g/mol. The first-order valence-corrected chi connectivity index (χ1v) is 9.71. The lowest BCUT2D eigenvalue weighted by atomic mass is 10.0. The topological polar surface area (TPSA) is 67.9 Å². The Morgan fingerprint density at radius 2 is 1.53 bits per heavy atom. The number of amides is 2. The van der Waals surface area contributed by atoms with E-state index >= 15 is 0 Å². The lowest BCUT2D eigenvalue weighted by Crippen LogP contribution is -2.32. The molecule has 1 aliphatic rings. The van der Waals surface area contributed by atoms with Crippen LogP contribution in [0.15, 0.2) is 96.2 Å². The Morgan fingerprint density at radius 3 is 2.40 bits per heavy atom. The van der Waals surface area contributed by atoms with Crippen LogP contribution in [0.2, 0.25) is 0 Å². The number of anilines is 2. The average Bonchev–Trinajstić information content (AvgIpc) is 2.92. The van der Waals surface area contributed by atoms with Gasteiger partial charge in [-0.2, -0.15) is 0 Å². The number of para-hydroxylation sites is 2. The van der Waals surface area contributed by atoms with Crippen molar-refractivity contribution in [3.8, 4) is 5.75 Å². The molecule has 5 rings (SSSR count). The number of carbonyl (C=O) groups is 1. The van der Waals surface area contributed by atoms with Crippen LogP contribution in [0.4, 0.5) is 16.2 Å². The molecule has 1 aliphatic heterocycles. The van der Waals surface area contributed by atoms with Crippen molar-refractivity contribution in [3.63, 3.8) is 0 Å². The lowest BCUT2D eigenvalue weighted by Gasteiger charge is -2.22. The Labute approximate surface area is 174 Å². The molecule has 0 spiro atoms. The van der Waals surface area contributed by atoms with Gasteiger partial charge in [0.05, 0.1) is 17.1 Å². The van der Waals surface area contributed by atoms with E-state index in [0.29, 0.717) is 17.9 Å². The minimum absolute atomic E-state index is 0.516. The second-order valence-corrected chi connectivity index (χ2v) is 7.10. The number of hydrogen-bond donors (Lipinski definition) is 1. The fourth-order valence-electron chi connectivity index (χ4n) is 3.89. The van der Waals surface area contributed by atoms with E-state index in [1.165, 1.54) is 4.90 Å². The van der Waals surface area contributed by atoms with E-state index in [9.17, 15) is 4.79 Å². The van der Waals surface area contributed by atoms with Crippen LogP contribution in [0.3, 0.4) is 0 Å². The maximum atomic E-state index is 12.3. The number of carbonyl (C=O) groups excluding carboxylic acids is 1. The first-order chi connectivity index (χ1) is 14.7. The first kappa shape index (κ1) is 17.9. The van der Waals surface area contributed by atoms with Gasteiger partial charge in [-0.25, -0.2) is 4.79 Å². The van der Waals surface area contributed by atoms with Crippen molar-refractivity contribution < 1.29 is 9.63 Å². The fraction of sp³-hybridized carbons (Fsp3) is 0.0400. The predicted octanol–water partition coefficient (Wildman–Crippen LogP) is 5.40. The van der Waals surface area contributed by atoms with Gasteiger partial charge >= 0.3 is 6.03 Å². The summed E-state index contributed by atoms with van der Waals surface area (Å²) in [6.45, 7) is 0. The predicted molar refractivity (Wildman–Crippen MR) is 119 cm³/mol. The Kier molecular flexibility index (Phi) is 4.41. The van der Waals surface area contributed by atoms with Gasteiger partial charge in [0.1, 0.15) is 0 Å². The fourth-order valence-corrected chi connectivity index (χ4v) is 3.89. The second-order valence-electron chi connectivity index (χ2n) is 7.10. The number of oxime groups is 1. The zero-order valence-electron chi connectivity index (χ0n) is 16.2. The van der Waals surface area contributed by atoms with Crippen molar-refractivity contribution in [1.82, 2.24) is 0 Å². The molecule has 0 aromatic heterocycles. The van der Waals surface area contributed by atoms with Gasteiger partial charge in [-0.1, -0.05) is 78.0 Å². The molecule has 146 valence electrons. The minimum Gasteiger partial charge on any atom is -0.356 e. The van der Waals surface area contributed by atoms with Gasteiger partial charge in [0.2, 0.25) is 0 Å². The molecule has 0 fully saturated rings.